The maximum Gasteiger partial charge on any atom is 0.411 e. The quantitative estimate of drug-likeness (QED) is 0.471. The number of hydrogen-bond donors (Lipinski definition) is 1. The predicted octanol–water partition coefficient (Wildman–Crippen LogP) is 6.16. The molecule has 0 radical (unpaired) electrons. The van der Waals surface area contributed by atoms with E-state index in [2.05, 4.69) is 0 Å². The van der Waals surface area contributed by atoms with Crippen LogP contribution in [-0.2, 0) is 15.1 Å². The lowest BCUT2D eigenvalue weighted by molar-refractivity contribution is -0.139. The normalized spacial score (nSPS) is 19.1. The highest BCUT2D eigenvalue weighted by atomic mass is 19.1. The largest absolute Gasteiger partial charge is 0.481 e. The molecule has 1 N–H and O–H groups in total. The number of benzene rings is 3. The summed E-state index contributed by atoms with van der Waals surface area (Å²) in [6.45, 7) is 2.40. The summed E-state index contributed by atoms with van der Waals surface area (Å²) in [5.41, 5.74) is 2.70. The zero-order valence-electron chi connectivity index (χ0n) is 18.4. The van der Waals surface area contributed by atoms with Gasteiger partial charge >= 0.3 is 12.1 Å². The highest BCUT2D eigenvalue weighted by Gasteiger charge is 2.43. The number of carboxylic acids is 1. The Labute approximate surface area is 192 Å². The number of ether oxygens (including phenoxy) is 1. The van der Waals surface area contributed by atoms with E-state index in [1.54, 1.807) is 17.0 Å². The van der Waals surface area contributed by atoms with Gasteiger partial charge in [-0.05, 0) is 41.3 Å². The van der Waals surface area contributed by atoms with Crippen LogP contribution in [0.1, 0.15) is 43.4 Å². The highest BCUT2D eigenvalue weighted by Crippen LogP contribution is 2.40. The first kappa shape index (κ1) is 22.5. The molecule has 4 rings (SSSR count). The van der Waals surface area contributed by atoms with Crippen molar-refractivity contribution >= 4 is 12.1 Å². The summed E-state index contributed by atoms with van der Waals surface area (Å²) in [7, 11) is 0. The molecule has 6 heteroatoms. The predicted molar refractivity (Wildman–Crippen MR) is 123 cm³/mol. The van der Waals surface area contributed by atoms with Crippen molar-refractivity contribution in [2.45, 2.75) is 37.8 Å². The molecule has 1 aliphatic rings. The lowest BCUT2D eigenvalue weighted by atomic mass is 9.84. The van der Waals surface area contributed by atoms with E-state index >= 15 is 0 Å². The van der Waals surface area contributed by atoms with Crippen molar-refractivity contribution in [3.63, 3.8) is 0 Å². The van der Waals surface area contributed by atoms with E-state index in [0.717, 1.165) is 22.3 Å². The van der Waals surface area contributed by atoms with Gasteiger partial charge in [-0.3, -0.25) is 4.79 Å². The monoisotopic (exact) mass is 447 g/mol. The Morgan fingerprint density at radius 3 is 2.21 bits per heavy atom. The van der Waals surface area contributed by atoms with Gasteiger partial charge in [0, 0.05) is 25.8 Å². The first-order valence-corrected chi connectivity index (χ1v) is 11.0. The van der Waals surface area contributed by atoms with Crippen LogP contribution in [-0.4, -0.2) is 28.6 Å². The summed E-state index contributed by atoms with van der Waals surface area (Å²) in [6.07, 6.45) is 0.203. The third-order valence-corrected chi connectivity index (χ3v) is 6.35. The number of carbonyl (C=O) groups is 2. The molecular weight excluding hydrogens is 421 g/mol. The van der Waals surface area contributed by atoms with Crippen molar-refractivity contribution in [2.75, 3.05) is 6.54 Å². The van der Waals surface area contributed by atoms with Crippen LogP contribution in [0.25, 0.3) is 11.1 Å². The third kappa shape index (κ3) is 4.90. The fraction of sp³-hybridized carbons (Fsp3) is 0.259. The summed E-state index contributed by atoms with van der Waals surface area (Å²) in [6, 6.07) is 23.3. The van der Waals surface area contributed by atoms with E-state index in [1.165, 1.54) is 12.1 Å². The topological polar surface area (TPSA) is 66.8 Å². The summed E-state index contributed by atoms with van der Waals surface area (Å²) in [5, 5.41) is 9.21. The van der Waals surface area contributed by atoms with Crippen molar-refractivity contribution in [1.82, 2.24) is 4.90 Å². The lowest BCUT2D eigenvalue weighted by Crippen LogP contribution is -2.48. The number of cyclic esters (lactones) is 1. The Bertz CT molecular complexity index is 1120. The smallest absolute Gasteiger partial charge is 0.411 e. The van der Waals surface area contributed by atoms with Crippen LogP contribution in [0.2, 0.25) is 0 Å². The molecule has 0 aliphatic carbocycles. The van der Waals surface area contributed by atoms with Crippen LogP contribution in [0.3, 0.4) is 0 Å². The molecule has 1 saturated heterocycles. The third-order valence-electron chi connectivity index (χ3n) is 6.35. The van der Waals surface area contributed by atoms with Gasteiger partial charge in [0.1, 0.15) is 11.4 Å². The Hall–Kier alpha value is -3.67. The van der Waals surface area contributed by atoms with Crippen LogP contribution in [0.15, 0.2) is 78.9 Å². The first-order chi connectivity index (χ1) is 15.9. The zero-order chi connectivity index (χ0) is 23.4. The Balaban J connectivity index is 1.51. The Morgan fingerprint density at radius 2 is 1.64 bits per heavy atom. The van der Waals surface area contributed by atoms with E-state index in [4.69, 9.17) is 4.74 Å². The second-order valence-electron chi connectivity index (χ2n) is 8.37. The second kappa shape index (κ2) is 9.45. The zero-order valence-corrected chi connectivity index (χ0v) is 18.4. The van der Waals surface area contributed by atoms with Crippen molar-refractivity contribution in [2.24, 2.45) is 0 Å². The highest BCUT2D eigenvalue weighted by molar-refractivity contribution is 5.71. The fourth-order valence-corrected chi connectivity index (χ4v) is 4.37. The molecule has 0 saturated carbocycles. The first-order valence-electron chi connectivity index (χ1n) is 11.0. The van der Waals surface area contributed by atoms with E-state index in [9.17, 15) is 19.1 Å². The fourth-order valence-electron chi connectivity index (χ4n) is 4.37. The molecule has 0 aromatic heterocycles. The molecule has 0 unspecified atom stereocenters. The second-order valence-corrected chi connectivity index (χ2v) is 8.37. The minimum Gasteiger partial charge on any atom is -0.481 e. The van der Waals surface area contributed by atoms with Crippen LogP contribution in [0.4, 0.5) is 9.18 Å². The maximum atomic E-state index is 13.2. The number of carboxylic acid groups (broad SMARTS) is 1. The molecule has 1 aliphatic heterocycles. The lowest BCUT2D eigenvalue weighted by Gasteiger charge is -2.43. The van der Waals surface area contributed by atoms with E-state index in [0.29, 0.717) is 13.0 Å². The van der Waals surface area contributed by atoms with E-state index in [1.807, 2.05) is 61.5 Å². The average molecular weight is 448 g/mol. The molecule has 0 spiro atoms. The van der Waals surface area contributed by atoms with E-state index in [-0.39, 0.29) is 24.7 Å². The molecule has 3 aromatic rings. The minimum atomic E-state index is -0.945. The summed E-state index contributed by atoms with van der Waals surface area (Å²) in [4.78, 5) is 26.0. The number of nitrogens with zero attached hydrogens (tertiary/aromatic N) is 1. The molecular formula is C27H26FNO4. The Morgan fingerprint density at radius 1 is 1.03 bits per heavy atom. The molecule has 5 nitrogen and oxygen atoms in total. The summed E-state index contributed by atoms with van der Waals surface area (Å²) in [5.74, 6) is -1.19. The van der Waals surface area contributed by atoms with Gasteiger partial charge in [0.2, 0.25) is 0 Å². The van der Waals surface area contributed by atoms with Gasteiger partial charge < -0.3 is 14.7 Å². The van der Waals surface area contributed by atoms with Gasteiger partial charge in [-0.2, -0.15) is 0 Å². The van der Waals surface area contributed by atoms with Crippen molar-refractivity contribution in [1.29, 1.82) is 0 Å². The molecule has 1 amide bonds. The van der Waals surface area contributed by atoms with Gasteiger partial charge in [0.25, 0.3) is 0 Å². The number of carbonyl (C=O) groups excluding carboxylic acids is 1. The van der Waals surface area contributed by atoms with Crippen LogP contribution in [0, 0.1) is 5.82 Å². The van der Waals surface area contributed by atoms with Gasteiger partial charge in [0.15, 0.2) is 0 Å². The maximum absolute atomic E-state index is 13.2. The van der Waals surface area contributed by atoms with Crippen LogP contribution < -0.4 is 0 Å². The number of aliphatic carboxylic acids is 1. The van der Waals surface area contributed by atoms with Crippen molar-refractivity contribution < 1.29 is 23.8 Å². The van der Waals surface area contributed by atoms with Gasteiger partial charge in [-0.1, -0.05) is 66.7 Å². The molecule has 1 heterocycles. The van der Waals surface area contributed by atoms with E-state index < -0.39 is 17.7 Å². The molecule has 3 aromatic carbocycles. The standard InChI is InChI=1S/C27H26FNO4/c1-19(20-7-9-21(10-8-20)22-11-13-24(28)14-12-22)29-18-17-27(33-26(29)32,16-15-25(30)31)23-5-3-2-4-6-23/h2-14,19H,15-18H2,1H3,(H,30,31)/t19-,27-/m0/s1. The number of halogens is 1. The summed E-state index contributed by atoms with van der Waals surface area (Å²) < 4.78 is 19.1. The number of amides is 1. The van der Waals surface area contributed by atoms with Crippen LogP contribution in [0.5, 0.6) is 0 Å². The van der Waals surface area contributed by atoms with Gasteiger partial charge in [-0.25, -0.2) is 9.18 Å². The number of hydrogen-bond acceptors (Lipinski definition) is 3. The minimum absolute atomic E-state index is 0.0808. The van der Waals surface area contributed by atoms with Gasteiger partial charge in [0.05, 0.1) is 6.04 Å². The molecule has 33 heavy (non-hydrogen) atoms. The SMILES string of the molecule is C[C@@H](c1ccc(-c2ccc(F)cc2)cc1)N1CC[C@@](CCC(=O)O)(c2ccccc2)OC1=O. The van der Waals surface area contributed by atoms with Crippen LogP contribution >= 0.6 is 0 Å². The Kier molecular flexibility index (Phi) is 6.45. The number of rotatable bonds is 7. The summed E-state index contributed by atoms with van der Waals surface area (Å²) >= 11 is 0. The average Bonchev–Trinajstić information content (AvgIpc) is 2.83. The van der Waals surface area contributed by atoms with Crippen molar-refractivity contribution in [3.05, 3.63) is 95.8 Å². The van der Waals surface area contributed by atoms with Gasteiger partial charge in [-0.15, -0.1) is 0 Å². The molecule has 0 bridgehead atoms. The molecule has 2 atom stereocenters. The van der Waals surface area contributed by atoms with Crippen molar-refractivity contribution in [3.8, 4) is 11.1 Å². The molecule has 1 fully saturated rings. The molecule has 170 valence electrons.